The Bertz CT molecular complexity index is 453. The van der Waals surface area contributed by atoms with Crippen molar-refractivity contribution in [3.05, 3.63) is 29.8 Å². The Labute approximate surface area is 151 Å². The van der Waals surface area contributed by atoms with Crippen LogP contribution in [0.1, 0.15) is 85.6 Å². The highest BCUT2D eigenvalue weighted by Crippen LogP contribution is 2.46. The summed E-state index contributed by atoms with van der Waals surface area (Å²) >= 11 is 0. The minimum absolute atomic E-state index is 0.529. The van der Waals surface area contributed by atoms with Crippen LogP contribution in [-0.2, 0) is 6.42 Å². The van der Waals surface area contributed by atoms with Crippen molar-refractivity contribution < 1.29 is 0 Å². The zero-order valence-corrected chi connectivity index (χ0v) is 17.1. The van der Waals surface area contributed by atoms with E-state index in [0.717, 1.165) is 23.9 Å². The highest BCUT2D eigenvalue weighted by atomic mass is 14.6. The van der Waals surface area contributed by atoms with Gasteiger partial charge < -0.3 is 5.73 Å². The normalized spacial score (nSPS) is 15.9. The molecule has 3 unspecified atom stereocenters. The Morgan fingerprint density at radius 3 is 2.04 bits per heavy atom. The highest BCUT2D eigenvalue weighted by Gasteiger charge is 2.36. The molecule has 0 bridgehead atoms. The molecule has 0 radical (unpaired) electrons. The molecule has 1 rings (SSSR count). The van der Waals surface area contributed by atoms with Gasteiger partial charge in [0.25, 0.3) is 0 Å². The summed E-state index contributed by atoms with van der Waals surface area (Å²) in [7, 11) is 0. The van der Waals surface area contributed by atoms with Crippen molar-refractivity contribution in [3.8, 4) is 0 Å². The number of nitrogens with two attached hydrogens (primary N) is 1. The second-order valence-corrected chi connectivity index (χ2v) is 8.04. The van der Waals surface area contributed by atoms with Crippen molar-refractivity contribution >= 4 is 5.69 Å². The van der Waals surface area contributed by atoms with Crippen molar-refractivity contribution in [2.24, 2.45) is 23.2 Å². The van der Waals surface area contributed by atoms with Gasteiger partial charge in [-0.1, -0.05) is 85.4 Å². The molecule has 0 aliphatic carbocycles. The first-order valence-electron chi connectivity index (χ1n) is 10.3. The van der Waals surface area contributed by atoms with Crippen molar-refractivity contribution in [2.75, 3.05) is 5.73 Å². The molecule has 0 fully saturated rings. The average Bonchev–Trinajstić information content (AvgIpc) is 2.58. The molecule has 1 aromatic rings. The molecule has 24 heavy (non-hydrogen) atoms. The van der Waals surface area contributed by atoms with E-state index in [4.69, 9.17) is 5.73 Å². The quantitative estimate of drug-likeness (QED) is 0.430. The minimum atomic E-state index is 0.529. The molecule has 0 aliphatic heterocycles. The van der Waals surface area contributed by atoms with Crippen LogP contribution in [0.2, 0.25) is 0 Å². The van der Waals surface area contributed by atoms with Crippen molar-refractivity contribution in [1.82, 2.24) is 0 Å². The van der Waals surface area contributed by atoms with E-state index >= 15 is 0 Å². The summed E-state index contributed by atoms with van der Waals surface area (Å²) in [6.45, 7) is 14.4. The summed E-state index contributed by atoms with van der Waals surface area (Å²) in [5.74, 6) is 2.31. The van der Waals surface area contributed by atoms with E-state index in [1.807, 2.05) is 12.1 Å². The fourth-order valence-electron chi connectivity index (χ4n) is 5.02. The fraction of sp³-hybridized carbons (Fsp3) is 0.739. The van der Waals surface area contributed by atoms with Crippen LogP contribution in [-0.4, -0.2) is 0 Å². The molecule has 1 aromatic carbocycles. The number of benzene rings is 1. The lowest BCUT2D eigenvalue weighted by Gasteiger charge is -2.43. The van der Waals surface area contributed by atoms with Gasteiger partial charge in [0.2, 0.25) is 0 Å². The predicted octanol–water partition coefficient (Wildman–Crippen LogP) is 7.11. The van der Waals surface area contributed by atoms with Gasteiger partial charge in [-0.25, -0.2) is 0 Å². The second-order valence-electron chi connectivity index (χ2n) is 8.04. The number of hydrogen-bond acceptors (Lipinski definition) is 1. The first kappa shape index (κ1) is 21.1. The number of rotatable bonds is 11. The monoisotopic (exact) mass is 331 g/mol. The Morgan fingerprint density at radius 2 is 1.54 bits per heavy atom. The van der Waals surface area contributed by atoms with E-state index in [1.165, 1.54) is 44.1 Å². The third-order valence-corrected chi connectivity index (χ3v) is 6.58. The van der Waals surface area contributed by atoms with Crippen LogP contribution < -0.4 is 5.73 Å². The van der Waals surface area contributed by atoms with Crippen LogP contribution in [0.4, 0.5) is 5.69 Å². The van der Waals surface area contributed by atoms with E-state index in [0.29, 0.717) is 11.3 Å². The SMILES string of the molecule is CCCC(C(C)CC(C)Cc1ccccc1N)C(CC)(CC)CC. The van der Waals surface area contributed by atoms with Gasteiger partial charge in [-0.3, -0.25) is 0 Å². The minimum Gasteiger partial charge on any atom is -0.399 e. The van der Waals surface area contributed by atoms with E-state index in [2.05, 4.69) is 53.7 Å². The van der Waals surface area contributed by atoms with Crippen molar-refractivity contribution in [1.29, 1.82) is 0 Å². The maximum absolute atomic E-state index is 6.14. The number of hydrogen-bond donors (Lipinski definition) is 1. The van der Waals surface area contributed by atoms with Gasteiger partial charge in [-0.2, -0.15) is 0 Å². The van der Waals surface area contributed by atoms with Crippen LogP contribution in [0, 0.1) is 23.2 Å². The fourth-order valence-corrected chi connectivity index (χ4v) is 5.02. The first-order valence-corrected chi connectivity index (χ1v) is 10.3. The Morgan fingerprint density at radius 1 is 0.958 bits per heavy atom. The molecule has 0 heterocycles. The lowest BCUT2D eigenvalue weighted by atomic mass is 9.62. The molecule has 0 saturated heterocycles. The van der Waals surface area contributed by atoms with Crippen molar-refractivity contribution in [3.63, 3.8) is 0 Å². The summed E-state index contributed by atoms with van der Waals surface area (Å²) in [5, 5.41) is 0. The largest absolute Gasteiger partial charge is 0.399 e. The first-order chi connectivity index (χ1) is 11.4. The third kappa shape index (κ3) is 5.26. The summed E-state index contributed by atoms with van der Waals surface area (Å²) in [4.78, 5) is 0. The number of anilines is 1. The molecule has 2 N–H and O–H groups in total. The summed E-state index contributed by atoms with van der Waals surface area (Å²) < 4.78 is 0. The maximum atomic E-state index is 6.14. The molecule has 1 nitrogen and oxygen atoms in total. The van der Waals surface area contributed by atoms with Crippen LogP contribution in [0.3, 0.4) is 0 Å². The zero-order chi connectivity index (χ0) is 18.2. The highest BCUT2D eigenvalue weighted by molar-refractivity contribution is 5.46. The van der Waals surface area contributed by atoms with E-state index in [-0.39, 0.29) is 0 Å². The molecule has 0 aromatic heterocycles. The topological polar surface area (TPSA) is 26.0 Å². The molecule has 0 spiro atoms. The molecule has 0 amide bonds. The van der Waals surface area contributed by atoms with E-state index in [1.54, 1.807) is 0 Å². The maximum Gasteiger partial charge on any atom is 0.0346 e. The van der Waals surface area contributed by atoms with Gasteiger partial charge in [0.05, 0.1) is 0 Å². The van der Waals surface area contributed by atoms with Gasteiger partial charge in [0, 0.05) is 5.69 Å². The summed E-state index contributed by atoms with van der Waals surface area (Å²) in [6, 6.07) is 8.36. The van der Waals surface area contributed by atoms with Crippen molar-refractivity contribution in [2.45, 2.75) is 86.5 Å². The molecule has 1 heteroatoms. The van der Waals surface area contributed by atoms with E-state index < -0.39 is 0 Å². The number of para-hydroxylation sites is 1. The lowest BCUT2D eigenvalue weighted by Crippen LogP contribution is -2.34. The molecule has 138 valence electrons. The Balaban J connectivity index is 2.80. The van der Waals surface area contributed by atoms with E-state index in [9.17, 15) is 0 Å². The standard InChI is InChI=1S/C23H41N/c1-7-13-21(23(8-2,9-3)10-4)19(6)16-18(5)17-20-14-11-12-15-22(20)24/h11-12,14-15,18-19,21H,7-10,13,16-17,24H2,1-6H3. The van der Waals surface area contributed by atoms with Gasteiger partial charge in [-0.15, -0.1) is 0 Å². The molecular weight excluding hydrogens is 290 g/mol. The Kier molecular flexibility index (Phi) is 8.87. The predicted molar refractivity (Wildman–Crippen MR) is 109 cm³/mol. The third-order valence-electron chi connectivity index (χ3n) is 6.58. The van der Waals surface area contributed by atoms with Gasteiger partial charge in [0.15, 0.2) is 0 Å². The Hall–Kier alpha value is -0.980. The average molecular weight is 332 g/mol. The van der Waals surface area contributed by atoms with Gasteiger partial charge in [0.1, 0.15) is 0 Å². The summed E-state index contributed by atoms with van der Waals surface area (Å²) in [6.07, 6.45) is 9.03. The summed E-state index contributed by atoms with van der Waals surface area (Å²) in [5.41, 5.74) is 8.94. The lowest BCUT2D eigenvalue weighted by molar-refractivity contribution is 0.0684. The van der Waals surface area contributed by atoms with Crippen LogP contribution in [0.5, 0.6) is 0 Å². The number of nitrogen functional groups attached to an aromatic ring is 1. The zero-order valence-electron chi connectivity index (χ0n) is 17.1. The van der Waals surface area contributed by atoms with Crippen LogP contribution in [0.25, 0.3) is 0 Å². The smallest absolute Gasteiger partial charge is 0.0346 e. The molecule has 0 aliphatic rings. The molecule has 0 saturated carbocycles. The molecule has 3 atom stereocenters. The second kappa shape index (κ2) is 10.1. The van der Waals surface area contributed by atoms with Gasteiger partial charge in [-0.05, 0) is 54.1 Å². The van der Waals surface area contributed by atoms with Crippen LogP contribution >= 0.6 is 0 Å². The molecular formula is C23H41N. The van der Waals surface area contributed by atoms with Crippen LogP contribution in [0.15, 0.2) is 24.3 Å². The van der Waals surface area contributed by atoms with Gasteiger partial charge >= 0.3 is 0 Å².